The van der Waals surface area contributed by atoms with E-state index in [1.54, 1.807) is 6.20 Å². The molecule has 0 aliphatic carbocycles. The molecule has 7 nitrogen and oxygen atoms in total. The molecule has 148 valence electrons. The SMILES string of the molecule is CCNC(=NCC(C)Cn1cccn1)N1CCC(C(=O)OCC)CC1.I. The van der Waals surface area contributed by atoms with E-state index in [4.69, 9.17) is 9.73 Å². The summed E-state index contributed by atoms with van der Waals surface area (Å²) >= 11 is 0. The van der Waals surface area contributed by atoms with Gasteiger partial charge in [-0.3, -0.25) is 14.5 Å². The van der Waals surface area contributed by atoms with Crippen LogP contribution in [0.25, 0.3) is 0 Å². The summed E-state index contributed by atoms with van der Waals surface area (Å²) in [5.41, 5.74) is 0. The molecule has 1 unspecified atom stereocenters. The largest absolute Gasteiger partial charge is 0.466 e. The molecular weight excluding hydrogens is 445 g/mol. The molecule has 1 aromatic heterocycles. The molecular formula is C18H32IN5O2. The van der Waals surface area contributed by atoms with E-state index in [0.29, 0.717) is 12.5 Å². The van der Waals surface area contributed by atoms with Gasteiger partial charge in [-0.2, -0.15) is 5.10 Å². The molecule has 8 heteroatoms. The highest BCUT2D eigenvalue weighted by atomic mass is 127. The van der Waals surface area contributed by atoms with Crippen molar-refractivity contribution in [2.75, 3.05) is 32.8 Å². The predicted molar refractivity (Wildman–Crippen MR) is 114 cm³/mol. The molecule has 0 saturated carbocycles. The molecule has 2 rings (SSSR count). The van der Waals surface area contributed by atoms with E-state index in [9.17, 15) is 4.79 Å². The quantitative estimate of drug-likeness (QED) is 0.283. The zero-order chi connectivity index (χ0) is 18.1. The van der Waals surface area contributed by atoms with Crippen molar-refractivity contribution in [1.29, 1.82) is 0 Å². The number of guanidine groups is 1. The minimum atomic E-state index is -0.0584. The molecule has 0 amide bonds. The van der Waals surface area contributed by atoms with Crippen molar-refractivity contribution in [3.8, 4) is 0 Å². The lowest BCUT2D eigenvalue weighted by molar-refractivity contribution is -0.149. The van der Waals surface area contributed by atoms with Crippen molar-refractivity contribution in [3.63, 3.8) is 0 Å². The Bertz CT molecular complexity index is 542. The van der Waals surface area contributed by atoms with Gasteiger partial charge in [0.2, 0.25) is 0 Å². The maximum Gasteiger partial charge on any atom is 0.309 e. The lowest BCUT2D eigenvalue weighted by Crippen LogP contribution is -2.47. The van der Waals surface area contributed by atoms with E-state index in [1.807, 2.05) is 23.9 Å². The summed E-state index contributed by atoms with van der Waals surface area (Å²) in [6, 6.07) is 1.94. The first-order chi connectivity index (χ1) is 12.1. The Morgan fingerprint density at radius 1 is 1.38 bits per heavy atom. The van der Waals surface area contributed by atoms with Gasteiger partial charge in [-0.1, -0.05) is 6.92 Å². The Labute approximate surface area is 173 Å². The fourth-order valence-corrected chi connectivity index (χ4v) is 3.04. The van der Waals surface area contributed by atoms with Crippen molar-refractivity contribution >= 4 is 35.9 Å². The topological polar surface area (TPSA) is 71.8 Å². The Morgan fingerprint density at radius 2 is 2.12 bits per heavy atom. The summed E-state index contributed by atoms with van der Waals surface area (Å²) in [5.74, 6) is 1.32. The van der Waals surface area contributed by atoms with Crippen LogP contribution in [0, 0.1) is 11.8 Å². The van der Waals surface area contributed by atoms with Crippen molar-refractivity contribution in [2.24, 2.45) is 16.8 Å². The van der Waals surface area contributed by atoms with E-state index >= 15 is 0 Å². The summed E-state index contributed by atoms with van der Waals surface area (Å²) in [7, 11) is 0. The number of nitrogens with zero attached hydrogens (tertiary/aromatic N) is 4. The van der Waals surface area contributed by atoms with Gasteiger partial charge in [-0.05, 0) is 38.7 Å². The highest BCUT2D eigenvalue weighted by Gasteiger charge is 2.27. The molecule has 1 fully saturated rings. The average Bonchev–Trinajstić information content (AvgIpc) is 3.12. The fourth-order valence-electron chi connectivity index (χ4n) is 3.04. The van der Waals surface area contributed by atoms with Gasteiger partial charge < -0.3 is 15.0 Å². The minimum Gasteiger partial charge on any atom is -0.466 e. The number of nitrogens with one attached hydrogen (secondary N) is 1. The van der Waals surface area contributed by atoms with Crippen LogP contribution in [0.5, 0.6) is 0 Å². The smallest absolute Gasteiger partial charge is 0.309 e. The molecule has 0 spiro atoms. The van der Waals surface area contributed by atoms with E-state index in [0.717, 1.165) is 51.5 Å². The Morgan fingerprint density at radius 3 is 2.69 bits per heavy atom. The molecule has 0 radical (unpaired) electrons. The number of aliphatic imine (C=N–C) groups is 1. The predicted octanol–water partition coefficient (Wildman–Crippen LogP) is 2.38. The lowest BCUT2D eigenvalue weighted by Gasteiger charge is -2.33. The number of carbonyl (C=O) groups excluding carboxylic acids is 1. The van der Waals surface area contributed by atoms with Crippen molar-refractivity contribution in [1.82, 2.24) is 20.0 Å². The standard InChI is InChI=1S/C18H31N5O2.HI/c1-4-19-18(20-13-15(3)14-23-10-6-9-21-23)22-11-7-16(8-12-22)17(24)25-5-2;/h6,9-10,15-16H,4-5,7-8,11-14H2,1-3H3,(H,19,20);1H. The van der Waals surface area contributed by atoms with Crippen LogP contribution in [0.15, 0.2) is 23.5 Å². The number of rotatable bonds is 7. The maximum atomic E-state index is 11.9. The van der Waals surface area contributed by atoms with E-state index in [1.165, 1.54) is 0 Å². The van der Waals surface area contributed by atoms with Crippen LogP contribution >= 0.6 is 24.0 Å². The van der Waals surface area contributed by atoms with Gasteiger partial charge in [0.1, 0.15) is 0 Å². The molecule has 1 atom stereocenters. The summed E-state index contributed by atoms with van der Waals surface area (Å²) in [4.78, 5) is 18.9. The van der Waals surface area contributed by atoms with E-state index in [-0.39, 0.29) is 35.9 Å². The monoisotopic (exact) mass is 477 g/mol. The van der Waals surface area contributed by atoms with Gasteiger partial charge in [0.15, 0.2) is 5.96 Å². The molecule has 1 N–H and O–H groups in total. The Kier molecular flexibility index (Phi) is 10.6. The first-order valence-electron chi connectivity index (χ1n) is 9.31. The molecule has 1 aliphatic rings. The third-order valence-corrected chi connectivity index (χ3v) is 4.36. The fraction of sp³-hybridized carbons (Fsp3) is 0.722. The van der Waals surface area contributed by atoms with Gasteiger partial charge in [0.05, 0.1) is 12.5 Å². The number of esters is 1. The molecule has 1 saturated heterocycles. The van der Waals surface area contributed by atoms with Gasteiger partial charge in [-0.25, -0.2) is 0 Å². The van der Waals surface area contributed by atoms with Crippen LogP contribution < -0.4 is 5.32 Å². The van der Waals surface area contributed by atoms with Crippen LogP contribution in [0.3, 0.4) is 0 Å². The molecule has 26 heavy (non-hydrogen) atoms. The van der Waals surface area contributed by atoms with E-state index < -0.39 is 0 Å². The minimum absolute atomic E-state index is 0. The third kappa shape index (κ3) is 7.13. The second-order valence-electron chi connectivity index (χ2n) is 6.54. The van der Waals surface area contributed by atoms with Crippen molar-refractivity contribution in [2.45, 2.75) is 40.2 Å². The number of ether oxygens (including phenoxy) is 1. The van der Waals surface area contributed by atoms with Crippen LogP contribution in [0.2, 0.25) is 0 Å². The first-order valence-corrected chi connectivity index (χ1v) is 9.31. The average molecular weight is 477 g/mol. The zero-order valence-corrected chi connectivity index (χ0v) is 18.4. The highest BCUT2D eigenvalue weighted by Crippen LogP contribution is 2.19. The molecule has 1 aromatic rings. The summed E-state index contributed by atoms with van der Waals surface area (Å²) in [5, 5.41) is 7.62. The van der Waals surface area contributed by atoms with Crippen molar-refractivity contribution in [3.05, 3.63) is 18.5 Å². The maximum absolute atomic E-state index is 11.9. The zero-order valence-electron chi connectivity index (χ0n) is 16.1. The molecule has 0 bridgehead atoms. The van der Waals surface area contributed by atoms with Crippen LogP contribution in [0.1, 0.15) is 33.6 Å². The molecule has 0 aromatic carbocycles. The van der Waals surface area contributed by atoms with Gasteiger partial charge in [0, 0.05) is 45.1 Å². The van der Waals surface area contributed by atoms with Crippen molar-refractivity contribution < 1.29 is 9.53 Å². The third-order valence-electron chi connectivity index (χ3n) is 4.36. The Hall–Kier alpha value is -1.32. The number of halogens is 1. The van der Waals surface area contributed by atoms with Crippen LogP contribution in [-0.2, 0) is 16.1 Å². The van der Waals surface area contributed by atoms with Gasteiger partial charge in [0.25, 0.3) is 0 Å². The van der Waals surface area contributed by atoms with Crippen LogP contribution in [-0.4, -0.2) is 59.4 Å². The molecule has 2 heterocycles. The Balaban J connectivity index is 0.00000338. The van der Waals surface area contributed by atoms with Gasteiger partial charge in [-0.15, -0.1) is 24.0 Å². The summed E-state index contributed by atoms with van der Waals surface area (Å²) in [6.45, 7) is 10.7. The normalized spacial score (nSPS) is 16.7. The summed E-state index contributed by atoms with van der Waals surface area (Å²) in [6.07, 6.45) is 5.43. The number of hydrogen-bond acceptors (Lipinski definition) is 4. The number of carbonyl (C=O) groups is 1. The first kappa shape index (κ1) is 22.7. The highest BCUT2D eigenvalue weighted by molar-refractivity contribution is 14.0. The second-order valence-corrected chi connectivity index (χ2v) is 6.54. The number of aromatic nitrogens is 2. The number of hydrogen-bond donors (Lipinski definition) is 1. The number of likely N-dealkylation sites (tertiary alicyclic amines) is 1. The van der Waals surface area contributed by atoms with Gasteiger partial charge >= 0.3 is 5.97 Å². The lowest BCUT2D eigenvalue weighted by atomic mass is 9.97. The van der Waals surface area contributed by atoms with Crippen LogP contribution in [0.4, 0.5) is 0 Å². The number of piperidine rings is 1. The summed E-state index contributed by atoms with van der Waals surface area (Å²) < 4.78 is 7.08. The second kappa shape index (κ2) is 12.1. The molecule has 1 aliphatic heterocycles. The van der Waals surface area contributed by atoms with E-state index in [2.05, 4.69) is 29.2 Å².